The third-order valence-electron chi connectivity index (χ3n) is 3.87. The van der Waals surface area contributed by atoms with Gasteiger partial charge in [-0.1, -0.05) is 43.7 Å². The van der Waals surface area contributed by atoms with Gasteiger partial charge >= 0.3 is 0 Å². The van der Waals surface area contributed by atoms with Crippen LogP contribution in [0.3, 0.4) is 0 Å². The molecule has 1 amide bonds. The number of rotatable bonds is 7. The highest BCUT2D eigenvalue weighted by Crippen LogP contribution is 2.25. The number of nitrogens with zero attached hydrogens (tertiary/aromatic N) is 1. The van der Waals surface area contributed by atoms with Crippen LogP contribution in [0.1, 0.15) is 48.9 Å². The first-order valence-corrected chi connectivity index (χ1v) is 7.95. The van der Waals surface area contributed by atoms with Gasteiger partial charge in [-0.15, -0.1) is 0 Å². The molecule has 3 heteroatoms. The smallest absolute Gasteiger partial charge is 0.220 e. The first-order chi connectivity index (χ1) is 10.7. The molecule has 1 heterocycles. The molecule has 1 aromatic heterocycles. The second kappa shape index (κ2) is 8.32. The summed E-state index contributed by atoms with van der Waals surface area (Å²) in [4.78, 5) is 16.4. The van der Waals surface area contributed by atoms with E-state index in [-0.39, 0.29) is 11.8 Å². The minimum atomic E-state index is 0.0907. The highest BCUT2D eigenvalue weighted by atomic mass is 16.1. The van der Waals surface area contributed by atoms with Crippen LogP contribution in [0.15, 0.2) is 48.7 Å². The van der Waals surface area contributed by atoms with Crippen LogP contribution in [0.25, 0.3) is 0 Å². The van der Waals surface area contributed by atoms with Crippen LogP contribution in [0.5, 0.6) is 0 Å². The molecule has 116 valence electrons. The molecule has 2 aromatic rings. The van der Waals surface area contributed by atoms with Crippen molar-refractivity contribution in [1.29, 1.82) is 0 Å². The molecule has 0 aliphatic carbocycles. The molecule has 0 bridgehead atoms. The first kappa shape index (κ1) is 16.2. The standard InChI is InChI=1S/C19H24N2O/c1-3-4-12-19(22)21-14-17(18-11-7-8-13-20-18)16-10-6-5-9-15(16)2/h5-11,13,17H,3-4,12,14H2,1-2H3,(H,21,22). The van der Waals surface area contributed by atoms with E-state index in [9.17, 15) is 4.79 Å². The lowest BCUT2D eigenvalue weighted by molar-refractivity contribution is -0.121. The van der Waals surface area contributed by atoms with E-state index in [4.69, 9.17) is 0 Å². The predicted octanol–water partition coefficient (Wildman–Crippen LogP) is 3.83. The van der Waals surface area contributed by atoms with Gasteiger partial charge < -0.3 is 5.32 Å². The number of hydrogen-bond donors (Lipinski definition) is 1. The molecule has 1 atom stereocenters. The monoisotopic (exact) mass is 296 g/mol. The maximum Gasteiger partial charge on any atom is 0.220 e. The molecular weight excluding hydrogens is 272 g/mol. The van der Waals surface area contributed by atoms with E-state index in [0.29, 0.717) is 13.0 Å². The third-order valence-corrected chi connectivity index (χ3v) is 3.87. The summed E-state index contributed by atoms with van der Waals surface area (Å²) in [5.41, 5.74) is 3.44. The average Bonchev–Trinajstić information content (AvgIpc) is 2.55. The first-order valence-electron chi connectivity index (χ1n) is 7.95. The number of aromatic nitrogens is 1. The lowest BCUT2D eigenvalue weighted by Gasteiger charge is -2.19. The number of hydrogen-bond acceptors (Lipinski definition) is 2. The molecule has 1 unspecified atom stereocenters. The number of aryl methyl sites for hydroxylation is 1. The third kappa shape index (κ3) is 4.42. The second-order valence-electron chi connectivity index (χ2n) is 5.57. The number of carbonyl (C=O) groups is 1. The molecule has 0 radical (unpaired) electrons. The van der Waals surface area contributed by atoms with Crippen molar-refractivity contribution in [1.82, 2.24) is 10.3 Å². The lowest BCUT2D eigenvalue weighted by atomic mass is 9.91. The van der Waals surface area contributed by atoms with Gasteiger partial charge in [-0.05, 0) is 36.6 Å². The average molecular weight is 296 g/mol. The summed E-state index contributed by atoms with van der Waals surface area (Å²) in [6.45, 7) is 4.78. The molecule has 0 saturated carbocycles. The van der Waals surface area contributed by atoms with E-state index < -0.39 is 0 Å². The highest BCUT2D eigenvalue weighted by Gasteiger charge is 2.18. The Bertz CT molecular complexity index is 595. The zero-order valence-electron chi connectivity index (χ0n) is 13.4. The van der Waals surface area contributed by atoms with E-state index in [1.807, 2.05) is 30.3 Å². The van der Waals surface area contributed by atoms with Crippen LogP contribution >= 0.6 is 0 Å². The summed E-state index contributed by atoms with van der Waals surface area (Å²) in [5.74, 6) is 0.212. The Hall–Kier alpha value is -2.16. The molecule has 22 heavy (non-hydrogen) atoms. The van der Waals surface area contributed by atoms with Gasteiger partial charge in [-0.3, -0.25) is 9.78 Å². The fourth-order valence-corrected chi connectivity index (χ4v) is 2.58. The van der Waals surface area contributed by atoms with Crippen LogP contribution in [-0.4, -0.2) is 17.4 Å². The zero-order chi connectivity index (χ0) is 15.8. The molecular formula is C19H24N2O. The Labute approximate surface area is 132 Å². The molecule has 0 spiro atoms. The zero-order valence-corrected chi connectivity index (χ0v) is 13.4. The minimum Gasteiger partial charge on any atom is -0.355 e. The molecule has 1 aromatic carbocycles. The molecule has 0 aliphatic heterocycles. The van der Waals surface area contributed by atoms with Crippen molar-refractivity contribution >= 4 is 5.91 Å². The van der Waals surface area contributed by atoms with Crippen LogP contribution in [0, 0.1) is 6.92 Å². The van der Waals surface area contributed by atoms with Gasteiger partial charge in [0.2, 0.25) is 5.91 Å². The van der Waals surface area contributed by atoms with Crippen molar-refractivity contribution in [3.63, 3.8) is 0 Å². The highest BCUT2D eigenvalue weighted by molar-refractivity contribution is 5.75. The normalized spacial score (nSPS) is 11.9. The Morgan fingerprint density at radius 3 is 2.64 bits per heavy atom. The van der Waals surface area contributed by atoms with Crippen LogP contribution in [0.2, 0.25) is 0 Å². The van der Waals surface area contributed by atoms with Gasteiger partial charge in [0.05, 0.1) is 0 Å². The Kier molecular flexibility index (Phi) is 6.13. The van der Waals surface area contributed by atoms with Gasteiger partial charge in [0.25, 0.3) is 0 Å². The van der Waals surface area contributed by atoms with E-state index >= 15 is 0 Å². The SMILES string of the molecule is CCCCC(=O)NCC(c1ccccn1)c1ccccc1C. The molecule has 2 rings (SSSR count). The van der Waals surface area contributed by atoms with Crippen LogP contribution < -0.4 is 5.32 Å². The van der Waals surface area contributed by atoms with Crippen molar-refractivity contribution < 1.29 is 4.79 Å². The van der Waals surface area contributed by atoms with Crippen molar-refractivity contribution in [2.24, 2.45) is 0 Å². The number of pyridine rings is 1. The number of carbonyl (C=O) groups excluding carboxylic acids is 1. The fourth-order valence-electron chi connectivity index (χ4n) is 2.58. The Morgan fingerprint density at radius 1 is 1.18 bits per heavy atom. The number of benzene rings is 1. The fraction of sp³-hybridized carbons (Fsp3) is 0.368. The minimum absolute atomic E-state index is 0.0907. The quantitative estimate of drug-likeness (QED) is 0.843. The maximum absolute atomic E-state index is 11.9. The summed E-state index contributed by atoms with van der Waals surface area (Å²) in [5, 5.41) is 3.06. The van der Waals surface area contributed by atoms with Gasteiger partial charge in [0.1, 0.15) is 0 Å². The van der Waals surface area contributed by atoms with Gasteiger partial charge in [0.15, 0.2) is 0 Å². The molecule has 0 aliphatic rings. The van der Waals surface area contributed by atoms with E-state index in [0.717, 1.165) is 18.5 Å². The van der Waals surface area contributed by atoms with Crippen molar-refractivity contribution in [3.05, 3.63) is 65.5 Å². The molecule has 1 N–H and O–H groups in total. The summed E-state index contributed by atoms with van der Waals surface area (Å²) in [7, 11) is 0. The van der Waals surface area contributed by atoms with Gasteiger partial charge in [-0.2, -0.15) is 0 Å². The van der Waals surface area contributed by atoms with Crippen LogP contribution in [-0.2, 0) is 4.79 Å². The summed E-state index contributed by atoms with van der Waals surface area (Å²) >= 11 is 0. The maximum atomic E-state index is 11.9. The second-order valence-corrected chi connectivity index (χ2v) is 5.57. The Morgan fingerprint density at radius 2 is 1.95 bits per heavy atom. The number of amides is 1. The summed E-state index contributed by atoms with van der Waals surface area (Å²) in [6.07, 6.45) is 4.37. The van der Waals surface area contributed by atoms with Crippen LogP contribution in [0.4, 0.5) is 0 Å². The van der Waals surface area contributed by atoms with Crippen molar-refractivity contribution in [2.45, 2.75) is 39.0 Å². The van der Waals surface area contributed by atoms with E-state index in [1.165, 1.54) is 11.1 Å². The summed E-state index contributed by atoms with van der Waals surface area (Å²) in [6, 6.07) is 14.2. The van der Waals surface area contributed by atoms with Crippen molar-refractivity contribution in [3.8, 4) is 0 Å². The topological polar surface area (TPSA) is 42.0 Å². The molecule has 0 saturated heterocycles. The Balaban J connectivity index is 2.17. The van der Waals surface area contributed by atoms with E-state index in [2.05, 4.69) is 36.3 Å². The van der Waals surface area contributed by atoms with Gasteiger partial charge in [-0.25, -0.2) is 0 Å². The number of unbranched alkanes of at least 4 members (excludes halogenated alkanes) is 1. The lowest BCUT2D eigenvalue weighted by Crippen LogP contribution is -2.29. The van der Waals surface area contributed by atoms with Gasteiger partial charge in [0, 0.05) is 30.8 Å². The molecule has 0 fully saturated rings. The molecule has 3 nitrogen and oxygen atoms in total. The van der Waals surface area contributed by atoms with Crippen molar-refractivity contribution in [2.75, 3.05) is 6.54 Å². The number of nitrogens with one attached hydrogen (secondary N) is 1. The largest absolute Gasteiger partial charge is 0.355 e. The summed E-state index contributed by atoms with van der Waals surface area (Å²) < 4.78 is 0. The predicted molar refractivity (Wildman–Crippen MR) is 89.8 cm³/mol. The van der Waals surface area contributed by atoms with E-state index in [1.54, 1.807) is 6.20 Å².